The van der Waals surface area contributed by atoms with E-state index in [2.05, 4.69) is 10.3 Å². The summed E-state index contributed by atoms with van der Waals surface area (Å²) in [5, 5.41) is 3.47. The molecule has 1 aromatic heterocycles. The fraction of sp³-hybridized carbons (Fsp3) is 0.429. The molecule has 0 aliphatic carbocycles. The maximum Gasteiger partial charge on any atom is 0.256 e. The summed E-state index contributed by atoms with van der Waals surface area (Å²) in [4.78, 5) is 17.2. The maximum atomic E-state index is 13.0. The van der Waals surface area contributed by atoms with Crippen LogP contribution in [0.2, 0.25) is 5.02 Å². The van der Waals surface area contributed by atoms with E-state index in [0.717, 1.165) is 31.6 Å². The fourth-order valence-electron chi connectivity index (χ4n) is 3.94. The van der Waals surface area contributed by atoms with Gasteiger partial charge in [0.1, 0.15) is 5.82 Å². The van der Waals surface area contributed by atoms with Crippen LogP contribution in [0.15, 0.2) is 30.5 Å². The van der Waals surface area contributed by atoms with Crippen molar-refractivity contribution in [1.29, 1.82) is 0 Å². The summed E-state index contributed by atoms with van der Waals surface area (Å²) in [5.74, 6) is 0.398. The van der Waals surface area contributed by atoms with Crippen molar-refractivity contribution in [3.05, 3.63) is 52.2 Å². The number of halogens is 1. The summed E-state index contributed by atoms with van der Waals surface area (Å²) in [6.45, 7) is 3.59. The molecule has 1 amide bonds. The Balaban J connectivity index is 1.58. The Morgan fingerprint density at radius 1 is 1.23 bits per heavy atom. The lowest BCUT2D eigenvalue weighted by molar-refractivity contribution is 0.0853. The lowest BCUT2D eigenvalue weighted by Gasteiger charge is -2.23. The van der Waals surface area contributed by atoms with Crippen LogP contribution in [0.5, 0.6) is 0 Å². The normalized spacial score (nSPS) is 19.1. The van der Waals surface area contributed by atoms with Crippen LogP contribution >= 0.6 is 11.6 Å². The third-order valence-corrected chi connectivity index (χ3v) is 7.62. The first-order chi connectivity index (χ1) is 14.3. The van der Waals surface area contributed by atoms with E-state index in [1.54, 1.807) is 13.0 Å². The van der Waals surface area contributed by atoms with Gasteiger partial charge in [-0.2, -0.15) is 0 Å². The van der Waals surface area contributed by atoms with E-state index in [1.165, 1.54) is 16.6 Å². The predicted molar refractivity (Wildman–Crippen MR) is 117 cm³/mol. The number of aromatic nitrogens is 1. The molecule has 0 radical (unpaired) electrons. The van der Waals surface area contributed by atoms with E-state index >= 15 is 0 Å². The number of nitrogens with zero attached hydrogens (tertiary/aromatic N) is 2. The number of nitrogens with one attached hydrogen (secondary N) is 1. The standard InChI is InChI=1S/C21H24ClN3O4S/c1-14-13-23-20(25-5-2-8-30(25,27)28)12-19(14)21(26)24-18-10-16(9-17(22)11-18)15-3-6-29-7-4-15/h9-13,15H,2-8H2,1H3,(H,24,26). The fourth-order valence-corrected chi connectivity index (χ4v) is 5.69. The zero-order chi connectivity index (χ0) is 21.3. The van der Waals surface area contributed by atoms with Crippen LogP contribution in [-0.4, -0.2) is 44.8 Å². The molecular weight excluding hydrogens is 426 g/mol. The molecule has 30 heavy (non-hydrogen) atoms. The van der Waals surface area contributed by atoms with Crippen molar-refractivity contribution in [3.63, 3.8) is 0 Å². The van der Waals surface area contributed by atoms with Crippen LogP contribution in [0.4, 0.5) is 11.5 Å². The number of sulfonamides is 1. The summed E-state index contributed by atoms with van der Waals surface area (Å²) < 4.78 is 31.1. The van der Waals surface area contributed by atoms with Gasteiger partial charge in [0.05, 0.1) is 5.75 Å². The van der Waals surface area contributed by atoms with Gasteiger partial charge in [0.15, 0.2) is 0 Å². The zero-order valence-electron chi connectivity index (χ0n) is 16.7. The highest BCUT2D eigenvalue weighted by Gasteiger charge is 2.30. The number of carbonyl (C=O) groups excluding carboxylic acids is 1. The average molecular weight is 450 g/mol. The molecule has 1 aromatic carbocycles. The number of carbonyl (C=O) groups is 1. The third kappa shape index (κ3) is 4.45. The summed E-state index contributed by atoms with van der Waals surface area (Å²) in [6.07, 6.45) is 3.93. The molecule has 7 nitrogen and oxygen atoms in total. The molecule has 1 N–H and O–H groups in total. The van der Waals surface area contributed by atoms with Crippen LogP contribution in [0.3, 0.4) is 0 Å². The summed E-state index contributed by atoms with van der Waals surface area (Å²) >= 11 is 6.31. The van der Waals surface area contributed by atoms with Gasteiger partial charge < -0.3 is 10.1 Å². The van der Waals surface area contributed by atoms with Gasteiger partial charge in [-0.15, -0.1) is 0 Å². The largest absolute Gasteiger partial charge is 0.381 e. The van der Waals surface area contributed by atoms with Gasteiger partial charge in [-0.1, -0.05) is 11.6 Å². The Hall–Kier alpha value is -2.16. The Kier molecular flexibility index (Phi) is 5.99. The average Bonchev–Trinajstić information content (AvgIpc) is 3.07. The monoisotopic (exact) mass is 449 g/mol. The van der Waals surface area contributed by atoms with Crippen LogP contribution in [0.1, 0.15) is 46.7 Å². The third-order valence-electron chi connectivity index (χ3n) is 5.56. The van der Waals surface area contributed by atoms with E-state index in [-0.39, 0.29) is 17.5 Å². The van der Waals surface area contributed by atoms with Gasteiger partial charge in [0.25, 0.3) is 5.91 Å². The highest BCUT2D eigenvalue weighted by molar-refractivity contribution is 7.93. The topological polar surface area (TPSA) is 88.6 Å². The minimum absolute atomic E-state index is 0.0988. The van der Waals surface area contributed by atoms with Gasteiger partial charge in [-0.25, -0.2) is 13.4 Å². The van der Waals surface area contributed by atoms with E-state index in [0.29, 0.717) is 40.7 Å². The molecule has 0 saturated carbocycles. The molecule has 2 aromatic rings. The van der Waals surface area contributed by atoms with Crippen LogP contribution in [0.25, 0.3) is 0 Å². The molecule has 0 spiro atoms. The van der Waals surface area contributed by atoms with Gasteiger partial charge in [-0.05, 0) is 67.5 Å². The SMILES string of the molecule is Cc1cnc(N2CCCS2(=O)=O)cc1C(=O)Nc1cc(Cl)cc(C2CCOCC2)c1. The molecule has 2 saturated heterocycles. The zero-order valence-corrected chi connectivity index (χ0v) is 18.3. The first kappa shape index (κ1) is 21.1. The number of pyridine rings is 1. The highest BCUT2D eigenvalue weighted by Crippen LogP contribution is 2.31. The molecule has 2 aliphatic rings. The highest BCUT2D eigenvalue weighted by atomic mass is 35.5. The van der Waals surface area contributed by atoms with E-state index in [9.17, 15) is 13.2 Å². The molecule has 9 heteroatoms. The minimum Gasteiger partial charge on any atom is -0.381 e. The number of hydrogen-bond donors (Lipinski definition) is 1. The van der Waals surface area contributed by atoms with Gasteiger partial charge in [0, 0.05) is 42.2 Å². The second-order valence-electron chi connectivity index (χ2n) is 7.71. The van der Waals surface area contributed by atoms with Crippen LogP contribution in [-0.2, 0) is 14.8 Å². The van der Waals surface area contributed by atoms with Crippen LogP contribution < -0.4 is 9.62 Å². The van der Waals surface area contributed by atoms with Crippen molar-refractivity contribution < 1.29 is 17.9 Å². The van der Waals surface area contributed by atoms with E-state index in [1.807, 2.05) is 12.1 Å². The van der Waals surface area contributed by atoms with Crippen LogP contribution in [0, 0.1) is 6.92 Å². The lowest BCUT2D eigenvalue weighted by atomic mass is 9.91. The minimum atomic E-state index is -3.37. The number of benzene rings is 1. The Morgan fingerprint density at radius 2 is 2.00 bits per heavy atom. The summed E-state index contributed by atoms with van der Waals surface area (Å²) in [6, 6.07) is 7.13. The first-order valence-corrected chi connectivity index (χ1v) is 12.0. The van der Waals surface area contributed by atoms with Gasteiger partial charge in [-0.3, -0.25) is 9.10 Å². The Morgan fingerprint density at radius 3 is 2.70 bits per heavy atom. The number of aryl methyl sites for hydroxylation is 1. The Labute approximate surface area is 181 Å². The number of ether oxygens (including phenoxy) is 1. The molecule has 2 fully saturated rings. The van der Waals surface area contributed by atoms with E-state index < -0.39 is 10.0 Å². The maximum absolute atomic E-state index is 13.0. The molecule has 0 bridgehead atoms. The molecular formula is C21H24ClN3O4S. The predicted octanol–water partition coefficient (Wildman–Crippen LogP) is 3.73. The van der Waals surface area contributed by atoms with E-state index in [4.69, 9.17) is 16.3 Å². The summed E-state index contributed by atoms with van der Waals surface area (Å²) in [5.41, 5.74) is 2.74. The molecule has 0 atom stereocenters. The molecule has 160 valence electrons. The van der Waals surface area contributed by atoms with Crippen molar-refractivity contribution in [3.8, 4) is 0 Å². The second-order valence-corrected chi connectivity index (χ2v) is 10.2. The van der Waals surface area contributed by atoms with Crippen molar-refractivity contribution in [2.45, 2.75) is 32.1 Å². The smallest absolute Gasteiger partial charge is 0.256 e. The second kappa shape index (κ2) is 8.53. The number of amides is 1. The lowest BCUT2D eigenvalue weighted by Crippen LogP contribution is -2.26. The Bertz CT molecular complexity index is 1070. The van der Waals surface area contributed by atoms with Crippen molar-refractivity contribution in [2.24, 2.45) is 0 Å². The number of anilines is 2. The molecule has 3 heterocycles. The van der Waals surface area contributed by atoms with Gasteiger partial charge >= 0.3 is 0 Å². The van der Waals surface area contributed by atoms with Crippen molar-refractivity contribution >= 4 is 39.0 Å². The van der Waals surface area contributed by atoms with Gasteiger partial charge in [0.2, 0.25) is 10.0 Å². The molecule has 2 aliphatic heterocycles. The molecule has 4 rings (SSSR count). The first-order valence-electron chi connectivity index (χ1n) is 10.00. The number of rotatable bonds is 4. The number of hydrogen-bond acceptors (Lipinski definition) is 5. The van der Waals surface area contributed by atoms with Crippen molar-refractivity contribution in [2.75, 3.05) is 35.1 Å². The molecule has 0 unspecified atom stereocenters. The van der Waals surface area contributed by atoms with Crippen molar-refractivity contribution in [1.82, 2.24) is 4.98 Å². The summed E-state index contributed by atoms with van der Waals surface area (Å²) in [7, 11) is -3.37. The quantitative estimate of drug-likeness (QED) is 0.768.